The van der Waals surface area contributed by atoms with Crippen molar-refractivity contribution < 1.29 is 9.53 Å². The molecule has 0 unspecified atom stereocenters. The first-order valence-electron chi connectivity index (χ1n) is 5.65. The van der Waals surface area contributed by atoms with Crippen molar-refractivity contribution in [2.75, 3.05) is 5.33 Å². The quantitative estimate of drug-likeness (QED) is 0.619. The summed E-state index contributed by atoms with van der Waals surface area (Å²) in [5.41, 5.74) is 1.77. The number of halogens is 1. The van der Waals surface area contributed by atoms with E-state index in [1.54, 1.807) is 12.1 Å². The molecule has 0 aliphatic carbocycles. The maximum absolute atomic E-state index is 11.5. The van der Waals surface area contributed by atoms with Crippen LogP contribution in [0.2, 0.25) is 0 Å². The summed E-state index contributed by atoms with van der Waals surface area (Å²) in [6, 6.07) is 17.2. The molecule has 2 aromatic rings. The number of ketones is 1. The van der Waals surface area contributed by atoms with Crippen LogP contribution in [0.4, 0.5) is 0 Å². The first-order valence-corrected chi connectivity index (χ1v) is 6.77. The van der Waals surface area contributed by atoms with Gasteiger partial charge in [-0.1, -0.05) is 58.4 Å². The summed E-state index contributed by atoms with van der Waals surface area (Å²) in [7, 11) is 0. The van der Waals surface area contributed by atoms with Gasteiger partial charge < -0.3 is 4.74 Å². The Labute approximate surface area is 115 Å². The Hall–Kier alpha value is -1.61. The van der Waals surface area contributed by atoms with E-state index in [0.717, 1.165) is 5.56 Å². The molecule has 0 spiro atoms. The summed E-state index contributed by atoms with van der Waals surface area (Å²) >= 11 is 3.16. The fraction of sp³-hybridized carbons (Fsp3) is 0.133. The molecule has 92 valence electrons. The van der Waals surface area contributed by atoms with E-state index in [0.29, 0.717) is 23.2 Å². The van der Waals surface area contributed by atoms with Crippen molar-refractivity contribution in [2.24, 2.45) is 0 Å². The van der Waals surface area contributed by atoms with Crippen LogP contribution in [0.15, 0.2) is 54.6 Å². The number of carbonyl (C=O) groups is 1. The van der Waals surface area contributed by atoms with Crippen LogP contribution in [-0.2, 0) is 6.61 Å². The van der Waals surface area contributed by atoms with Gasteiger partial charge >= 0.3 is 0 Å². The number of Topliss-reactive ketones (excluding diaryl/α,β-unsaturated/α-hetero) is 1. The number of alkyl halides is 1. The summed E-state index contributed by atoms with van der Waals surface area (Å²) in [4.78, 5) is 11.5. The number of carbonyl (C=O) groups excluding carboxylic acids is 1. The van der Waals surface area contributed by atoms with Gasteiger partial charge in [0.1, 0.15) is 12.4 Å². The molecule has 0 atom stereocenters. The van der Waals surface area contributed by atoms with Crippen LogP contribution in [0.3, 0.4) is 0 Å². The molecule has 18 heavy (non-hydrogen) atoms. The molecule has 0 saturated heterocycles. The predicted octanol–water partition coefficient (Wildman–Crippen LogP) is 3.84. The molecule has 3 heteroatoms. The summed E-state index contributed by atoms with van der Waals surface area (Å²) in [6.45, 7) is 0.507. The smallest absolute Gasteiger partial charge is 0.173 e. The molecule has 0 N–H and O–H groups in total. The van der Waals surface area contributed by atoms with Gasteiger partial charge in [-0.2, -0.15) is 0 Å². The van der Waals surface area contributed by atoms with Crippen molar-refractivity contribution in [3.8, 4) is 5.75 Å². The lowest BCUT2D eigenvalue weighted by molar-refractivity contribution is 0.102. The summed E-state index contributed by atoms with van der Waals surface area (Å²) in [6.07, 6.45) is 0. The molecular formula is C15H13BrO2. The van der Waals surface area contributed by atoms with Crippen LogP contribution >= 0.6 is 15.9 Å². The third-order valence-corrected chi connectivity index (χ3v) is 3.03. The van der Waals surface area contributed by atoms with E-state index in [2.05, 4.69) is 15.9 Å². The second-order valence-corrected chi connectivity index (χ2v) is 4.42. The molecule has 0 saturated carbocycles. The minimum Gasteiger partial charge on any atom is -0.489 e. The van der Waals surface area contributed by atoms with Gasteiger partial charge in [0.05, 0.1) is 5.33 Å². The Morgan fingerprint density at radius 1 is 1.06 bits per heavy atom. The number of rotatable bonds is 5. The van der Waals surface area contributed by atoms with Gasteiger partial charge in [0, 0.05) is 5.56 Å². The van der Waals surface area contributed by atoms with Gasteiger partial charge in [-0.15, -0.1) is 0 Å². The lowest BCUT2D eigenvalue weighted by Gasteiger charge is -2.07. The monoisotopic (exact) mass is 304 g/mol. The van der Waals surface area contributed by atoms with Crippen molar-refractivity contribution >= 4 is 21.7 Å². The molecule has 0 heterocycles. The lowest BCUT2D eigenvalue weighted by Crippen LogP contribution is -2.01. The van der Waals surface area contributed by atoms with Gasteiger partial charge in [-0.3, -0.25) is 4.79 Å². The van der Waals surface area contributed by atoms with Crippen LogP contribution in [0.1, 0.15) is 15.9 Å². The highest BCUT2D eigenvalue weighted by molar-refractivity contribution is 9.09. The van der Waals surface area contributed by atoms with Gasteiger partial charge in [-0.05, 0) is 17.7 Å². The highest BCUT2D eigenvalue weighted by atomic mass is 79.9. The lowest BCUT2D eigenvalue weighted by atomic mass is 10.1. The summed E-state index contributed by atoms with van der Waals surface area (Å²) < 4.78 is 5.66. The molecule has 2 aromatic carbocycles. The van der Waals surface area contributed by atoms with Gasteiger partial charge in [0.15, 0.2) is 5.78 Å². The van der Waals surface area contributed by atoms with Crippen molar-refractivity contribution in [1.82, 2.24) is 0 Å². The standard InChI is InChI=1S/C15H13BrO2/c16-10-15(17)13-7-4-8-14(9-13)18-11-12-5-2-1-3-6-12/h1-9H,10-11H2. The molecule has 0 aliphatic rings. The van der Waals surface area contributed by atoms with Crippen LogP contribution in [0.5, 0.6) is 5.75 Å². The van der Waals surface area contributed by atoms with Crippen molar-refractivity contribution in [2.45, 2.75) is 6.61 Å². The van der Waals surface area contributed by atoms with E-state index in [1.165, 1.54) is 0 Å². The van der Waals surface area contributed by atoms with Gasteiger partial charge in [-0.25, -0.2) is 0 Å². The average Bonchev–Trinajstić information content (AvgIpc) is 2.45. The minimum absolute atomic E-state index is 0.0557. The fourth-order valence-corrected chi connectivity index (χ4v) is 1.90. The maximum Gasteiger partial charge on any atom is 0.173 e. The highest BCUT2D eigenvalue weighted by Gasteiger charge is 2.04. The largest absolute Gasteiger partial charge is 0.489 e. The van der Waals surface area contributed by atoms with Crippen molar-refractivity contribution in [1.29, 1.82) is 0 Å². The third-order valence-electron chi connectivity index (χ3n) is 2.53. The van der Waals surface area contributed by atoms with E-state index < -0.39 is 0 Å². The number of hydrogen-bond donors (Lipinski definition) is 0. The Bertz CT molecular complexity index is 523. The molecule has 0 amide bonds. The second-order valence-electron chi connectivity index (χ2n) is 3.86. The molecule has 2 nitrogen and oxygen atoms in total. The molecule has 0 bridgehead atoms. The second kappa shape index (κ2) is 6.36. The Morgan fingerprint density at radius 3 is 2.56 bits per heavy atom. The zero-order chi connectivity index (χ0) is 12.8. The topological polar surface area (TPSA) is 26.3 Å². The molecule has 0 fully saturated rings. The first-order chi connectivity index (χ1) is 8.79. The fourth-order valence-electron chi connectivity index (χ4n) is 1.58. The number of hydrogen-bond acceptors (Lipinski definition) is 2. The normalized spacial score (nSPS) is 10.1. The Morgan fingerprint density at radius 2 is 1.83 bits per heavy atom. The predicted molar refractivity (Wildman–Crippen MR) is 75.3 cm³/mol. The number of ether oxygens (including phenoxy) is 1. The number of benzene rings is 2. The summed E-state index contributed by atoms with van der Waals surface area (Å²) in [5, 5.41) is 0.329. The van der Waals surface area contributed by atoms with Crippen LogP contribution in [0.25, 0.3) is 0 Å². The summed E-state index contributed by atoms with van der Waals surface area (Å²) in [5.74, 6) is 0.769. The zero-order valence-electron chi connectivity index (χ0n) is 9.80. The maximum atomic E-state index is 11.5. The SMILES string of the molecule is O=C(CBr)c1cccc(OCc2ccccc2)c1. The van der Waals surface area contributed by atoms with E-state index >= 15 is 0 Å². The molecular weight excluding hydrogens is 292 g/mol. The van der Waals surface area contributed by atoms with Crippen LogP contribution in [0, 0.1) is 0 Å². The van der Waals surface area contributed by atoms with E-state index in [1.807, 2.05) is 42.5 Å². The Balaban J connectivity index is 2.04. The molecule has 0 aliphatic heterocycles. The Kier molecular flexibility index (Phi) is 4.53. The molecule has 2 rings (SSSR count). The molecule has 0 radical (unpaired) electrons. The van der Waals surface area contributed by atoms with Crippen molar-refractivity contribution in [3.05, 3.63) is 65.7 Å². The van der Waals surface area contributed by atoms with Gasteiger partial charge in [0.2, 0.25) is 0 Å². The average molecular weight is 305 g/mol. The third kappa shape index (κ3) is 3.44. The van der Waals surface area contributed by atoms with Crippen LogP contribution < -0.4 is 4.74 Å². The highest BCUT2D eigenvalue weighted by Crippen LogP contribution is 2.16. The van der Waals surface area contributed by atoms with E-state index in [9.17, 15) is 4.79 Å². The van der Waals surface area contributed by atoms with E-state index in [4.69, 9.17) is 4.74 Å². The van der Waals surface area contributed by atoms with E-state index in [-0.39, 0.29) is 5.78 Å². The van der Waals surface area contributed by atoms with Crippen LogP contribution in [-0.4, -0.2) is 11.1 Å². The van der Waals surface area contributed by atoms with Crippen molar-refractivity contribution in [3.63, 3.8) is 0 Å². The minimum atomic E-state index is 0.0557. The van der Waals surface area contributed by atoms with Gasteiger partial charge in [0.25, 0.3) is 0 Å². The first kappa shape index (κ1) is 12.8. The zero-order valence-corrected chi connectivity index (χ0v) is 11.4. The molecule has 0 aromatic heterocycles.